The van der Waals surface area contributed by atoms with Gasteiger partial charge in [-0.3, -0.25) is 9.59 Å². The molecular weight excluding hydrogens is 430 g/mol. The maximum atomic E-state index is 13.2. The molecule has 0 bridgehead atoms. The maximum absolute atomic E-state index is 13.2. The molecule has 0 N–H and O–H groups in total. The van der Waals surface area contributed by atoms with Gasteiger partial charge in [0.05, 0.1) is 18.2 Å². The fourth-order valence-corrected chi connectivity index (χ4v) is 11.1. The van der Waals surface area contributed by atoms with Crippen LogP contribution in [-0.2, 0) is 18.8 Å². The van der Waals surface area contributed by atoms with Crippen molar-refractivity contribution in [3.8, 4) is 0 Å². The van der Waals surface area contributed by atoms with E-state index in [1.807, 2.05) is 17.0 Å². The van der Waals surface area contributed by atoms with Crippen molar-refractivity contribution < 1.29 is 18.8 Å². The molecule has 5 nitrogen and oxygen atoms in total. The number of carbonyl (C=O) groups is 2. The minimum absolute atomic E-state index is 0.0263. The van der Waals surface area contributed by atoms with Crippen LogP contribution in [0.25, 0.3) is 0 Å². The first-order chi connectivity index (χ1) is 15.7. The summed E-state index contributed by atoms with van der Waals surface area (Å²) in [6.07, 6.45) is 1.98. The molecule has 2 aromatic carbocycles. The topological polar surface area (TPSA) is 55.8 Å². The summed E-state index contributed by atoms with van der Waals surface area (Å²) >= 11 is 0. The highest BCUT2D eigenvalue weighted by Crippen LogP contribution is 2.64. The summed E-state index contributed by atoms with van der Waals surface area (Å²) in [4.78, 5) is 26.8. The van der Waals surface area contributed by atoms with Crippen molar-refractivity contribution >= 4 is 30.6 Å². The smallest absolute Gasteiger partial charge is 0.303 e. The van der Waals surface area contributed by atoms with E-state index in [2.05, 4.69) is 69.3 Å². The predicted molar refractivity (Wildman–Crippen MR) is 130 cm³/mol. The van der Waals surface area contributed by atoms with Gasteiger partial charge in [-0.25, -0.2) is 0 Å². The number of nitrogens with zero attached hydrogens (tertiary/aromatic N) is 1. The van der Waals surface area contributed by atoms with E-state index in [4.69, 9.17) is 9.16 Å². The highest BCUT2D eigenvalue weighted by Gasteiger charge is 2.72. The second-order valence-electron chi connectivity index (χ2n) is 10.9. The fraction of sp³-hybridized carbons (Fsp3) is 0.481. The second kappa shape index (κ2) is 7.81. The van der Waals surface area contributed by atoms with Gasteiger partial charge in [-0.05, 0) is 34.2 Å². The van der Waals surface area contributed by atoms with E-state index in [1.54, 1.807) is 0 Å². The number of esters is 1. The van der Waals surface area contributed by atoms with Crippen LogP contribution in [0.2, 0.25) is 5.04 Å². The van der Waals surface area contributed by atoms with E-state index < -0.39 is 14.4 Å². The van der Waals surface area contributed by atoms with Gasteiger partial charge >= 0.3 is 5.97 Å². The van der Waals surface area contributed by atoms with E-state index in [0.717, 1.165) is 12.8 Å². The lowest BCUT2D eigenvalue weighted by Gasteiger charge is -2.44. The molecule has 0 radical (unpaired) electrons. The summed E-state index contributed by atoms with van der Waals surface area (Å²) in [5, 5.41) is 2.38. The van der Waals surface area contributed by atoms with Crippen molar-refractivity contribution in [1.29, 1.82) is 0 Å². The van der Waals surface area contributed by atoms with Gasteiger partial charge in [-0.1, -0.05) is 81.4 Å². The Balaban J connectivity index is 1.47. The number of carbonyl (C=O) groups excluding carboxylic acids is 2. The Morgan fingerprint density at radius 2 is 1.61 bits per heavy atom. The molecule has 33 heavy (non-hydrogen) atoms. The van der Waals surface area contributed by atoms with Crippen LogP contribution in [0.3, 0.4) is 0 Å². The Bertz CT molecular complexity index is 1010. The molecule has 2 heterocycles. The molecule has 1 saturated carbocycles. The van der Waals surface area contributed by atoms with Crippen LogP contribution in [0.4, 0.5) is 0 Å². The molecule has 6 heteroatoms. The van der Waals surface area contributed by atoms with Crippen molar-refractivity contribution in [2.24, 2.45) is 5.92 Å². The third-order valence-corrected chi connectivity index (χ3v) is 12.9. The average molecular weight is 464 g/mol. The maximum Gasteiger partial charge on any atom is 0.303 e. The van der Waals surface area contributed by atoms with Crippen molar-refractivity contribution in [3.63, 3.8) is 0 Å². The SMILES string of the molecule is CC(=O)O[C@@H]1C[C@]23C[C@H]2C[C@H](CO[Si](c2ccccc2)(c2ccccc2)C(C)(C)C)N3C1=O. The summed E-state index contributed by atoms with van der Waals surface area (Å²) in [7, 11) is -2.66. The Morgan fingerprint density at radius 3 is 2.12 bits per heavy atom. The Kier molecular flexibility index (Phi) is 5.29. The summed E-state index contributed by atoms with van der Waals surface area (Å²) in [5.41, 5.74) is -0.114. The van der Waals surface area contributed by atoms with E-state index in [9.17, 15) is 9.59 Å². The van der Waals surface area contributed by atoms with E-state index in [-0.39, 0.29) is 28.5 Å². The number of piperidine rings is 1. The lowest BCUT2D eigenvalue weighted by molar-refractivity contribution is -0.155. The molecule has 2 aliphatic heterocycles. The molecule has 174 valence electrons. The summed E-state index contributed by atoms with van der Waals surface area (Å²) in [6, 6.07) is 21.2. The summed E-state index contributed by atoms with van der Waals surface area (Å²) < 4.78 is 12.5. The standard InChI is InChI=1S/C27H33NO4Si/c1-19(29)32-24-17-27-16-20(27)15-21(28(27)25(24)30)18-31-33(26(2,3)4,22-11-7-5-8-12-22)23-13-9-6-10-14-23/h5-14,20-21,24H,15-18H2,1-4H3/t20-,21-,24-,27-/m1/s1. The van der Waals surface area contributed by atoms with Crippen molar-refractivity contribution in [2.75, 3.05) is 6.61 Å². The van der Waals surface area contributed by atoms with Crippen molar-refractivity contribution in [1.82, 2.24) is 4.90 Å². The zero-order valence-corrected chi connectivity index (χ0v) is 20.9. The Morgan fingerprint density at radius 1 is 1.03 bits per heavy atom. The monoisotopic (exact) mass is 463 g/mol. The molecular formula is C27H33NO4Si. The van der Waals surface area contributed by atoms with Gasteiger partial charge in [0.25, 0.3) is 14.2 Å². The van der Waals surface area contributed by atoms with Gasteiger partial charge in [-0.15, -0.1) is 0 Å². The predicted octanol–water partition coefficient (Wildman–Crippen LogP) is 3.26. The lowest BCUT2D eigenvalue weighted by atomic mass is 10.1. The van der Waals surface area contributed by atoms with Crippen LogP contribution in [0.1, 0.15) is 47.0 Å². The zero-order chi connectivity index (χ0) is 23.4. The minimum Gasteiger partial charge on any atom is -0.452 e. The number of ether oxygens (including phenoxy) is 1. The van der Waals surface area contributed by atoms with Gasteiger partial charge in [0.2, 0.25) is 0 Å². The largest absolute Gasteiger partial charge is 0.452 e. The third-order valence-electron chi connectivity index (χ3n) is 7.87. The van der Waals surface area contributed by atoms with Crippen LogP contribution in [0, 0.1) is 5.92 Å². The molecule has 3 fully saturated rings. The average Bonchev–Trinajstić information content (AvgIpc) is 3.25. The van der Waals surface area contributed by atoms with Gasteiger partial charge in [-0.2, -0.15) is 0 Å². The molecule has 1 spiro atoms. The normalized spacial score (nSPS) is 28.4. The van der Waals surface area contributed by atoms with Crippen molar-refractivity contribution in [3.05, 3.63) is 60.7 Å². The van der Waals surface area contributed by atoms with E-state index in [0.29, 0.717) is 18.9 Å². The lowest BCUT2D eigenvalue weighted by Crippen LogP contribution is -2.67. The molecule has 0 aromatic heterocycles. The highest BCUT2D eigenvalue weighted by atomic mass is 28.4. The van der Waals surface area contributed by atoms with Crippen LogP contribution < -0.4 is 10.4 Å². The molecule has 3 aliphatic rings. The van der Waals surface area contributed by atoms with Crippen molar-refractivity contribution in [2.45, 2.75) is 69.7 Å². The summed E-state index contributed by atoms with van der Waals surface area (Å²) in [5.74, 6) is 0.0687. The molecule has 2 aromatic rings. The number of benzene rings is 2. The van der Waals surface area contributed by atoms with E-state index >= 15 is 0 Å². The quantitative estimate of drug-likeness (QED) is 0.487. The Labute approximate surface area is 197 Å². The third kappa shape index (κ3) is 3.46. The molecule has 1 aliphatic carbocycles. The first-order valence-corrected chi connectivity index (χ1v) is 13.9. The molecule has 5 rings (SSSR count). The van der Waals surface area contributed by atoms with Gasteiger partial charge in [0.1, 0.15) is 0 Å². The molecule has 4 atom stereocenters. The molecule has 1 amide bonds. The number of hydrogen-bond donors (Lipinski definition) is 0. The van der Waals surface area contributed by atoms with Gasteiger partial charge in [0, 0.05) is 13.3 Å². The second-order valence-corrected chi connectivity index (χ2v) is 15.2. The first-order valence-electron chi connectivity index (χ1n) is 11.9. The minimum atomic E-state index is -2.66. The first kappa shape index (κ1) is 22.4. The number of amides is 1. The van der Waals surface area contributed by atoms with Crippen LogP contribution >= 0.6 is 0 Å². The molecule has 2 saturated heterocycles. The Hall–Kier alpha value is -2.44. The number of rotatable bonds is 6. The fourth-order valence-electron chi connectivity index (χ4n) is 6.49. The van der Waals surface area contributed by atoms with Gasteiger partial charge < -0.3 is 14.1 Å². The zero-order valence-electron chi connectivity index (χ0n) is 19.9. The highest BCUT2D eigenvalue weighted by molar-refractivity contribution is 6.99. The molecule has 0 unspecified atom stereocenters. The van der Waals surface area contributed by atoms with E-state index in [1.165, 1.54) is 17.3 Å². The van der Waals surface area contributed by atoms with Crippen LogP contribution in [0.15, 0.2) is 60.7 Å². The number of hydrogen-bond acceptors (Lipinski definition) is 4. The van der Waals surface area contributed by atoms with Gasteiger partial charge in [0.15, 0.2) is 6.10 Å². The van der Waals surface area contributed by atoms with Crippen LogP contribution in [-0.4, -0.2) is 49.4 Å². The van der Waals surface area contributed by atoms with Crippen LogP contribution in [0.5, 0.6) is 0 Å². The summed E-state index contributed by atoms with van der Waals surface area (Å²) in [6.45, 7) is 8.69.